The Kier molecular flexibility index (Phi) is 6.21. The van der Waals surface area contributed by atoms with Crippen molar-refractivity contribution < 1.29 is 28.5 Å². The molecule has 2 aromatic carbocycles. The average Bonchev–Trinajstić information content (AvgIpc) is 3.11. The van der Waals surface area contributed by atoms with Crippen LogP contribution in [0.2, 0.25) is 0 Å². The van der Waals surface area contributed by atoms with Crippen LogP contribution < -0.4 is 24.4 Å². The Morgan fingerprint density at radius 2 is 1.82 bits per heavy atom. The molecule has 1 heterocycles. The number of methoxy groups -OCH3 is 2. The first-order valence-corrected chi connectivity index (χ1v) is 8.75. The van der Waals surface area contributed by atoms with Crippen molar-refractivity contribution in [2.24, 2.45) is 0 Å². The number of amides is 2. The van der Waals surface area contributed by atoms with E-state index in [-0.39, 0.29) is 19.1 Å². The van der Waals surface area contributed by atoms with Crippen LogP contribution in [-0.2, 0) is 9.53 Å². The number of carbonyl (C=O) groups excluding carboxylic acids is 2. The fourth-order valence-corrected chi connectivity index (χ4v) is 2.76. The highest BCUT2D eigenvalue weighted by atomic mass is 16.6. The minimum absolute atomic E-state index is 0.163. The molecule has 1 aliphatic rings. The molecule has 1 saturated heterocycles. The second kappa shape index (κ2) is 8.98. The maximum atomic E-state index is 12.1. The lowest BCUT2D eigenvalue weighted by Crippen LogP contribution is -2.37. The van der Waals surface area contributed by atoms with Crippen molar-refractivity contribution in [3.8, 4) is 17.2 Å². The summed E-state index contributed by atoms with van der Waals surface area (Å²) in [5.74, 6) is 1.42. The highest BCUT2D eigenvalue weighted by molar-refractivity contribution is 5.89. The molecular weight excluding hydrogens is 364 g/mol. The molecule has 1 atom stereocenters. The maximum Gasteiger partial charge on any atom is 0.414 e. The standard InChI is InChI=1S/C20H22N2O6/c1-25-15-9-7-14(8-10-15)22-12-16(28-20(22)24)11-21-19(23)13-27-18-6-4-3-5-17(18)26-2/h3-10,16H,11-13H2,1-2H3,(H,21,23). The molecular formula is C20H22N2O6. The van der Waals surface area contributed by atoms with Crippen LogP contribution in [0.3, 0.4) is 0 Å². The monoisotopic (exact) mass is 386 g/mol. The summed E-state index contributed by atoms with van der Waals surface area (Å²) in [4.78, 5) is 25.6. The van der Waals surface area contributed by atoms with Crippen LogP contribution in [0.1, 0.15) is 0 Å². The van der Waals surface area contributed by atoms with Crippen molar-refractivity contribution in [1.29, 1.82) is 0 Å². The minimum Gasteiger partial charge on any atom is -0.497 e. The number of ether oxygens (including phenoxy) is 4. The predicted octanol–water partition coefficient (Wildman–Crippen LogP) is 2.22. The molecule has 1 N–H and O–H groups in total. The van der Waals surface area contributed by atoms with Gasteiger partial charge in [0.05, 0.1) is 27.3 Å². The van der Waals surface area contributed by atoms with Gasteiger partial charge >= 0.3 is 6.09 Å². The Balaban J connectivity index is 1.47. The van der Waals surface area contributed by atoms with Gasteiger partial charge in [0.25, 0.3) is 5.91 Å². The third kappa shape index (κ3) is 4.64. The predicted molar refractivity (Wildman–Crippen MR) is 102 cm³/mol. The molecule has 0 aliphatic carbocycles. The zero-order valence-electron chi connectivity index (χ0n) is 15.7. The second-order valence-corrected chi connectivity index (χ2v) is 6.06. The Morgan fingerprint density at radius 1 is 1.11 bits per heavy atom. The number of benzene rings is 2. The molecule has 28 heavy (non-hydrogen) atoms. The molecule has 1 aliphatic heterocycles. The van der Waals surface area contributed by atoms with Gasteiger partial charge in [0.1, 0.15) is 11.9 Å². The number of cyclic esters (lactones) is 1. The summed E-state index contributed by atoms with van der Waals surface area (Å²) in [5.41, 5.74) is 0.708. The molecule has 0 spiro atoms. The molecule has 2 amide bonds. The largest absolute Gasteiger partial charge is 0.497 e. The molecule has 0 radical (unpaired) electrons. The summed E-state index contributed by atoms with van der Waals surface area (Å²) in [6, 6.07) is 14.2. The van der Waals surface area contributed by atoms with E-state index in [0.717, 1.165) is 0 Å². The molecule has 1 unspecified atom stereocenters. The number of carbonyl (C=O) groups is 2. The van der Waals surface area contributed by atoms with Crippen LogP contribution in [-0.4, -0.2) is 52.0 Å². The number of anilines is 1. The van der Waals surface area contributed by atoms with Crippen LogP contribution in [0, 0.1) is 0 Å². The summed E-state index contributed by atoms with van der Waals surface area (Å²) < 4.78 is 21.1. The lowest BCUT2D eigenvalue weighted by Gasteiger charge is -2.14. The van der Waals surface area contributed by atoms with Crippen molar-refractivity contribution in [2.45, 2.75) is 6.10 Å². The molecule has 1 fully saturated rings. The summed E-state index contributed by atoms with van der Waals surface area (Å²) in [6.45, 7) is 0.383. The van der Waals surface area contributed by atoms with Crippen LogP contribution in [0.4, 0.5) is 10.5 Å². The number of para-hydroxylation sites is 2. The number of rotatable bonds is 8. The third-order valence-electron chi connectivity index (χ3n) is 4.21. The van der Waals surface area contributed by atoms with Crippen molar-refractivity contribution in [3.05, 3.63) is 48.5 Å². The summed E-state index contributed by atoms with van der Waals surface area (Å²) >= 11 is 0. The smallest absolute Gasteiger partial charge is 0.414 e. The summed E-state index contributed by atoms with van der Waals surface area (Å²) in [5, 5.41) is 2.71. The first-order chi connectivity index (χ1) is 13.6. The van der Waals surface area contributed by atoms with Crippen LogP contribution in [0.25, 0.3) is 0 Å². The van der Waals surface area contributed by atoms with Crippen LogP contribution in [0.15, 0.2) is 48.5 Å². The number of hydrogen-bond donors (Lipinski definition) is 1. The van der Waals surface area contributed by atoms with Gasteiger partial charge in [-0.05, 0) is 36.4 Å². The summed E-state index contributed by atoms with van der Waals surface area (Å²) in [6.07, 6.45) is -0.889. The molecule has 0 bridgehead atoms. The van der Waals surface area contributed by atoms with E-state index in [2.05, 4.69) is 5.32 Å². The quantitative estimate of drug-likeness (QED) is 0.749. The van der Waals surface area contributed by atoms with Gasteiger partial charge in [0, 0.05) is 5.69 Å². The van der Waals surface area contributed by atoms with E-state index in [1.54, 1.807) is 49.6 Å². The third-order valence-corrected chi connectivity index (χ3v) is 4.21. The van der Waals surface area contributed by atoms with Gasteiger partial charge in [0.15, 0.2) is 18.1 Å². The second-order valence-electron chi connectivity index (χ2n) is 6.06. The summed E-state index contributed by atoms with van der Waals surface area (Å²) in [7, 11) is 3.11. The maximum absolute atomic E-state index is 12.1. The molecule has 3 rings (SSSR count). The number of nitrogens with one attached hydrogen (secondary N) is 1. The lowest BCUT2D eigenvalue weighted by molar-refractivity contribution is -0.123. The molecule has 148 valence electrons. The molecule has 8 heteroatoms. The van der Waals surface area contributed by atoms with E-state index in [1.165, 1.54) is 12.0 Å². The fraction of sp³-hybridized carbons (Fsp3) is 0.300. The van der Waals surface area contributed by atoms with E-state index >= 15 is 0 Å². The fourth-order valence-electron chi connectivity index (χ4n) is 2.76. The number of hydrogen-bond acceptors (Lipinski definition) is 6. The lowest BCUT2D eigenvalue weighted by atomic mass is 10.2. The molecule has 0 aromatic heterocycles. The Labute approximate surface area is 162 Å². The Morgan fingerprint density at radius 3 is 2.50 bits per heavy atom. The minimum atomic E-state index is -0.449. The SMILES string of the molecule is COc1ccc(N2CC(CNC(=O)COc3ccccc3OC)OC2=O)cc1. The highest BCUT2D eigenvalue weighted by Gasteiger charge is 2.32. The van der Waals surface area contributed by atoms with Crippen molar-refractivity contribution in [1.82, 2.24) is 5.32 Å². The molecule has 2 aromatic rings. The average molecular weight is 386 g/mol. The normalized spacial score (nSPS) is 15.7. The Bertz CT molecular complexity index is 824. The van der Waals surface area contributed by atoms with Gasteiger partial charge < -0.3 is 24.3 Å². The van der Waals surface area contributed by atoms with Gasteiger partial charge in [-0.3, -0.25) is 9.69 Å². The van der Waals surface area contributed by atoms with Crippen molar-refractivity contribution in [3.63, 3.8) is 0 Å². The zero-order valence-corrected chi connectivity index (χ0v) is 15.7. The van der Waals surface area contributed by atoms with Gasteiger partial charge in [-0.1, -0.05) is 12.1 Å². The van der Waals surface area contributed by atoms with E-state index in [4.69, 9.17) is 18.9 Å². The molecule has 8 nitrogen and oxygen atoms in total. The van der Waals surface area contributed by atoms with Gasteiger partial charge in [-0.25, -0.2) is 4.79 Å². The van der Waals surface area contributed by atoms with E-state index < -0.39 is 12.2 Å². The van der Waals surface area contributed by atoms with Crippen LogP contribution in [0.5, 0.6) is 17.2 Å². The molecule has 0 saturated carbocycles. The van der Waals surface area contributed by atoms with E-state index in [0.29, 0.717) is 29.5 Å². The highest BCUT2D eigenvalue weighted by Crippen LogP contribution is 2.26. The zero-order chi connectivity index (χ0) is 19.9. The van der Waals surface area contributed by atoms with E-state index in [9.17, 15) is 9.59 Å². The first-order valence-electron chi connectivity index (χ1n) is 8.75. The first kappa shape index (κ1) is 19.3. The number of nitrogens with zero attached hydrogens (tertiary/aromatic N) is 1. The van der Waals surface area contributed by atoms with Gasteiger partial charge in [0.2, 0.25) is 0 Å². The van der Waals surface area contributed by atoms with Crippen molar-refractivity contribution >= 4 is 17.7 Å². The Hall–Kier alpha value is -3.42. The van der Waals surface area contributed by atoms with Gasteiger partial charge in [-0.2, -0.15) is 0 Å². The van der Waals surface area contributed by atoms with Gasteiger partial charge in [-0.15, -0.1) is 0 Å². The van der Waals surface area contributed by atoms with E-state index in [1.807, 2.05) is 6.07 Å². The van der Waals surface area contributed by atoms with Crippen molar-refractivity contribution in [2.75, 3.05) is 38.8 Å². The topological polar surface area (TPSA) is 86.3 Å². The van der Waals surface area contributed by atoms with Crippen LogP contribution >= 0.6 is 0 Å².